The standard InChI is InChI=1S/C13H21N3O4/c1-5-6-9(11(18)19)15-12(20)14-8-7-10(17)16-13(2,3)4/h1,9H,6-8H2,2-4H3,(H,16,17)(H,18,19)(H2,14,15,20). The van der Waals surface area contributed by atoms with Crippen molar-refractivity contribution in [2.45, 2.75) is 45.2 Å². The van der Waals surface area contributed by atoms with E-state index < -0.39 is 18.0 Å². The fraction of sp³-hybridized carbons (Fsp3) is 0.615. The van der Waals surface area contributed by atoms with Gasteiger partial charge in [0.2, 0.25) is 5.91 Å². The highest BCUT2D eigenvalue weighted by Gasteiger charge is 2.18. The Hall–Kier alpha value is -2.23. The van der Waals surface area contributed by atoms with Gasteiger partial charge in [0.25, 0.3) is 0 Å². The van der Waals surface area contributed by atoms with Crippen LogP contribution in [0, 0.1) is 12.3 Å². The van der Waals surface area contributed by atoms with Crippen LogP contribution >= 0.6 is 0 Å². The number of hydrogen-bond acceptors (Lipinski definition) is 3. The minimum absolute atomic E-state index is 0.104. The quantitative estimate of drug-likeness (QED) is 0.517. The summed E-state index contributed by atoms with van der Waals surface area (Å²) < 4.78 is 0. The maximum atomic E-state index is 11.5. The topological polar surface area (TPSA) is 108 Å². The van der Waals surface area contributed by atoms with Gasteiger partial charge >= 0.3 is 12.0 Å². The van der Waals surface area contributed by atoms with Gasteiger partial charge in [0.15, 0.2) is 0 Å². The van der Waals surface area contributed by atoms with E-state index in [1.54, 1.807) is 0 Å². The predicted octanol–water partition coefficient (Wildman–Crippen LogP) is 0.0669. The minimum atomic E-state index is -1.21. The molecule has 0 rings (SSSR count). The lowest BCUT2D eigenvalue weighted by molar-refractivity contribution is -0.139. The summed E-state index contributed by atoms with van der Waals surface area (Å²) in [5.41, 5.74) is -0.333. The first kappa shape index (κ1) is 17.8. The molecule has 0 aromatic heterocycles. The summed E-state index contributed by atoms with van der Waals surface area (Å²) in [6, 6.07) is -1.81. The van der Waals surface area contributed by atoms with Crippen LogP contribution in [-0.2, 0) is 9.59 Å². The molecule has 4 N–H and O–H groups in total. The molecule has 7 heteroatoms. The summed E-state index contributed by atoms with van der Waals surface area (Å²) in [5.74, 6) is 0.764. The number of aliphatic carboxylic acids is 1. The molecule has 0 saturated heterocycles. The smallest absolute Gasteiger partial charge is 0.327 e. The summed E-state index contributed by atoms with van der Waals surface area (Å²) in [6.07, 6.45) is 5.01. The predicted molar refractivity (Wildman–Crippen MR) is 73.9 cm³/mol. The zero-order chi connectivity index (χ0) is 15.8. The summed E-state index contributed by atoms with van der Waals surface area (Å²) in [4.78, 5) is 33.6. The van der Waals surface area contributed by atoms with Crippen molar-refractivity contribution in [3.8, 4) is 12.3 Å². The highest BCUT2D eigenvalue weighted by Crippen LogP contribution is 1.98. The molecule has 0 aromatic carbocycles. The van der Waals surface area contributed by atoms with E-state index in [4.69, 9.17) is 11.5 Å². The molecule has 0 aliphatic carbocycles. The lowest BCUT2D eigenvalue weighted by atomic mass is 10.1. The fourth-order valence-corrected chi connectivity index (χ4v) is 1.30. The van der Waals surface area contributed by atoms with E-state index in [2.05, 4.69) is 21.9 Å². The third kappa shape index (κ3) is 8.80. The van der Waals surface area contributed by atoms with Crippen LogP contribution in [0.3, 0.4) is 0 Å². The highest BCUT2D eigenvalue weighted by molar-refractivity contribution is 5.83. The number of carboxylic acid groups (broad SMARTS) is 1. The lowest BCUT2D eigenvalue weighted by Crippen LogP contribution is -2.47. The summed E-state index contributed by atoms with van der Waals surface area (Å²) in [7, 11) is 0. The average molecular weight is 283 g/mol. The number of hydrogen-bond donors (Lipinski definition) is 4. The van der Waals surface area contributed by atoms with Crippen LogP contribution in [0.4, 0.5) is 4.79 Å². The largest absolute Gasteiger partial charge is 0.480 e. The van der Waals surface area contributed by atoms with Crippen LogP contribution in [-0.4, -0.2) is 41.1 Å². The van der Waals surface area contributed by atoms with Gasteiger partial charge in [-0.3, -0.25) is 4.79 Å². The van der Waals surface area contributed by atoms with Crippen molar-refractivity contribution < 1.29 is 19.5 Å². The molecular formula is C13H21N3O4. The monoisotopic (exact) mass is 283 g/mol. The number of amides is 3. The Labute approximate surface area is 118 Å². The summed E-state index contributed by atoms with van der Waals surface area (Å²) >= 11 is 0. The van der Waals surface area contributed by atoms with Crippen molar-refractivity contribution in [2.24, 2.45) is 0 Å². The molecule has 0 heterocycles. The number of carbonyl (C=O) groups is 3. The molecule has 112 valence electrons. The third-order valence-corrected chi connectivity index (χ3v) is 2.08. The van der Waals surface area contributed by atoms with Gasteiger partial charge in [0.1, 0.15) is 6.04 Å². The molecule has 0 saturated carbocycles. The van der Waals surface area contributed by atoms with Crippen molar-refractivity contribution in [1.29, 1.82) is 0 Å². The first-order valence-electron chi connectivity index (χ1n) is 6.17. The van der Waals surface area contributed by atoms with E-state index in [9.17, 15) is 14.4 Å². The molecule has 1 atom stereocenters. The second-order valence-electron chi connectivity index (χ2n) is 5.25. The average Bonchev–Trinajstić information content (AvgIpc) is 2.25. The Balaban J connectivity index is 4.03. The van der Waals surface area contributed by atoms with Gasteiger partial charge in [-0.15, -0.1) is 12.3 Å². The molecule has 0 radical (unpaired) electrons. The third-order valence-electron chi connectivity index (χ3n) is 2.08. The van der Waals surface area contributed by atoms with Gasteiger partial charge < -0.3 is 21.1 Å². The number of rotatable bonds is 6. The van der Waals surface area contributed by atoms with E-state index in [-0.39, 0.29) is 30.8 Å². The van der Waals surface area contributed by atoms with Crippen LogP contribution in [0.5, 0.6) is 0 Å². The highest BCUT2D eigenvalue weighted by atomic mass is 16.4. The normalized spacial score (nSPS) is 11.9. The number of carboxylic acids is 1. The van der Waals surface area contributed by atoms with Crippen molar-refractivity contribution >= 4 is 17.9 Å². The Morgan fingerprint density at radius 1 is 1.30 bits per heavy atom. The van der Waals surface area contributed by atoms with Crippen LogP contribution in [0.1, 0.15) is 33.6 Å². The molecular weight excluding hydrogens is 262 g/mol. The zero-order valence-electron chi connectivity index (χ0n) is 11.9. The molecule has 0 aliphatic heterocycles. The summed E-state index contributed by atoms with van der Waals surface area (Å²) in [6.45, 7) is 5.66. The van der Waals surface area contributed by atoms with Crippen molar-refractivity contribution in [1.82, 2.24) is 16.0 Å². The van der Waals surface area contributed by atoms with Crippen LogP contribution in [0.25, 0.3) is 0 Å². The van der Waals surface area contributed by atoms with Gasteiger partial charge in [-0.05, 0) is 20.8 Å². The van der Waals surface area contributed by atoms with Crippen LogP contribution < -0.4 is 16.0 Å². The Morgan fingerprint density at radius 2 is 1.90 bits per heavy atom. The molecule has 0 fully saturated rings. The molecule has 3 amide bonds. The van der Waals surface area contributed by atoms with Crippen molar-refractivity contribution in [3.63, 3.8) is 0 Å². The second-order valence-corrected chi connectivity index (χ2v) is 5.25. The maximum Gasteiger partial charge on any atom is 0.327 e. The number of nitrogens with one attached hydrogen (secondary N) is 3. The van der Waals surface area contributed by atoms with Gasteiger partial charge in [-0.2, -0.15) is 0 Å². The van der Waals surface area contributed by atoms with Crippen molar-refractivity contribution in [2.75, 3.05) is 6.54 Å². The van der Waals surface area contributed by atoms with E-state index >= 15 is 0 Å². The fourth-order valence-electron chi connectivity index (χ4n) is 1.30. The Kier molecular flexibility index (Phi) is 7.15. The molecule has 0 aliphatic rings. The van der Waals surface area contributed by atoms with E-state index in [0.29, 0.717) is 0 Å². The number of urea groups is 1. The number of terminal acetylenes is 1. The van der Waals surface area contributed by atoms with Crippen molar-refractivity contribution in [3.05, 3.63) is 0 Å². The van der Waals surface area contributed by atoms with Gasteiger partial charge in [-0.1, -0.05) is 0 Å². The Bertz CT molecular complexity index is 407. The second kappa shape index (κ2) is 8.04. The first-order valence-corrected chi connectivity index (χ1v) is 6.17. The maximum absolute atomic E-state index is 11.5. The van der Waals surface area contributed by atoms with Crippen LogP contribution in [0.15, 0.2) is 0 Å². The molecule has 0 aromatic rings. The molecule has 0 bridgehead atoms. The molecule has 1 unspecified atom stereocenters. The molecule has 7 nitrogen and oxygen atoms in total. The van der Waals surface area contributed by atoms with E-state index in [0.717, 1.165) is 0 Å². The molecule has 20 heavy (non-hydrogen) atoms. The lowest BCUT2D eigenvalue weighted by Gasteiger charge is -2.20. The van der Waals surface area contributed by atoms with E-state index in [1.165, 1.54) is 0 Å². The minimum Gasteiger partial charge on any atom is -0.480 e. The number of carbonyl (C=O) groups excluding carboxylic acids is 2. The van der Waals surface area contributed by atoms with E-state index in [1.807, 2.05) is 20.8 Å². The van der Waals surface area contributed by atoms with Gasteiger partial charge in [0.05, 0.1) is 0 Å². The van der Waals surface area contributed by atoms with Gasteiger partial charge in [0, 0.05) is 24.9 Å². The SMILES string of the molecule is C#CCC(NC(=O)NCCC(=O)NC(C)(C)C)C(=O)O. The van der Waals surface area contributed by atoms with Gasteiger partial charge in [-0.25, -0.2) is 9.59 Å². The zero-order valence-corrected chi connectivity index (χ0v) is 11.9. The molecule has 0 spiro atoms. The van der Waals surface area contributed by atoms with Crippen LogP contribution in [0.2, 0.25) is 0 Å². The first-order chi connectivity index (χ1) is 9.15. The summed E-state index contributed by atoms with van der Waals surface area (Å²) in [5, 5.41) is 16.1. The Morgan fingerprint density at radius 3 is 2.35 bits per heavy atom.